The lowest BCUT2D eigenvalue weighted by molar-refractivity contribution is -0.134. The van der Waals surface area contributed by atoms with Crippen LogP contribution in [0.15, 0.2) is 60.7 Å². The van der Waals surface area contributed by atoms with Crippen molar-refractivity contribution in [3.05, 3.63) is 66.2 Å². The molecule has 1 aliphatic heterocycles. The number of aliphatic hydroxyl groups is 1. The van der Waals surface area contributed by atoms with Gasteiger partial charge in [0.1, 0.15) is 5.75 Å². The van der Waals surface area contributed by atoms with Gasteiger partial charge in [-0.25, -0.2) is 0 Å². The molecule has 0 spiro atoms. The molecule has 150 valence electrons. The standard InChI is InChI=1S/C24H26N2O3/c1-25-9-11-26(12-10-25)24(28)17-29-21-14-20-6-2-3-8-22(20)23(15-21)19-7-4-5-18(13-19)16-27/h2-8,13-15,27H,9-12,16-17H2,1H3. The van der Waals surface area contributed by atoms with Gasteiger partial charge in [-0.15, -0.1) is 0 Å². The van der Waals surface area contributed by atoms with Crippen LogP contribution in [0.1, 0.15) is 5.56 Å². The Hall–Kier alpha value is -2.89. The van der Waals surface area contributed by atoms with Crippen LogP contribution in [0.5, 0.6) is 5.75 Å². The van der Waals surface area contributed by atoms with Gasteiger partial charge in [-0.1, -0.05) is 42.5 Å². The van der Waals surface area contributed by atoms with Gasteiger partial charge in [0, 0.05) is 26.2 Å². The number of likely N-dealkylation sites (N-methyl/N-ethyl adjacent to an activating group) is 1. The summed E-state index contributed by atoms with van der Waals surface area (Å²) in [6.45, 7) is 3.32. The third-order valence-corrected chi connectivity index (χ3v) is 5.47. The molecule has 1 fully saturated rings. The van der Waals surface area contributed by atoms with Gasteiger partial charge in [0.25, 0.3) is 5.91 Å². The lowest BCUT2D eigenvalue weighted by atomic mass is 9.96. The highest BCUT2D eigenvalue weighted by Crippen LogP contribution is 2.33. The summed E-state index contributed by atoms with van der Waals surface area (Å²) in [6, 6.07) is 20.0. The highest BCUT2D eigenvalue weighted by molar-refractivity contribution is 5.98. The number of nitrogens with zero attached hydrogens (tertiary/aromatic N) is 2. The summed E-state index contributed by atoms with van der Waals surface area (Å²) < 4.78 is 5.92. The quantitative estimate of drug-likeness (QED) is 0.727. The zero-order valence-electron chi connectivity index (χ0n) is 16.7. The minimum Gasteiger partial charge on any atom is -0.484 e. The maximum Gasteiger partial charge on any atom is 0.260 e. The van der Waals surface area contributed by atoms with Gasteiger partial charge < -0.3 is 19.6 Å². The number of hydrogen-bond acceptors (Lipinski definition) is 4. The largest absolute Gasteiger partial charge is 0.484 e. The van der Waals surface area contributed by atoms with Crippen molar-refractivity contribution >= 4 is 16.7 Å². The number of benzene rings is 3. The lowest BCUT2D eigenvalue weighted by Gasteiger charge is -2.32. The smallest absolute Gasteiger partial charge is 0.260 e. The van der Waals surface area contributed by atoms with Crippen molar-refractivity contribution in [2.75, 3.05) is 39.8 Å². The molecular weight excluding hydrogens is 364 g/mol. The first-order chi connectivity index (χ1) is 14.1. The van der Waals surface area contributed by atoms with Crippen LogP contribution in [0, 0.1) is 0 Å². The fourth-order valence-corrected chi connectivity index (χ4v) is 3.73. The Morgan fingerprint density at radius 3 is 2.59 bits per heavy atom. The molecule has 0 unspecified atom stereocenters. The summed E-state index contributed by atoms with van der Waals surface area (Å²) in [5, 5.41) is 11.7. The number of hydrogen-bond donors (Lipinski definition) is 1. The second kappa shape index (κ2) is 8.64. The molecule has 5 heteroatoms. The number of fused-ring (bicyclic) bond motifs is 1. The third-order valence-electron chi connectivity index (χ3n) is 5.47. The molecule has 0 bridgehead atoms. The summed E-state index contributed by atoms with van der Waals surface area (Å²) in [6.07, 6.45) is 0. The van der Waals surface area contributed by atoms with E-state index >= 15 is 0 Å². The van der Waals surface area contributed by atoms with Crippen molar-refractivity contribution in [1.29, 1.82) is 0 Å². The van der Waals surface area contributed by atoms with Gasteiger partial charge >= 0.3 is 0 Å². The molecule has 1 N–H and O–H groups in total. The summed E-state index contributed by atoms with van der Waals surface area (Å²) >= 11 is 0. The second-order valence-electron chi connectivity index (χ2n) is 7.52. The first-order valence-corrected chi connectivity index (χ1v) is 9.96. The van der Waals surface area contributed by atoms with E-state index in [0.717, 1.165) is 53.6 Å². The van der Waals surface area contributed by atoms with Crippen LogP contribution in [-0.2, 0) is 11.4 Å². The molecule has 1 saturated heterocycles. The maximum atomic E-state index is 12.5. The Labute approximate surface area is 171 Å². The van der Waals surface area contributed by atoms with Gasteiger partial charge in [-0.3, -0.25) is 4.79 Å². The fraction of sp³-hybridized carbons (Fsp3) is 0.292. The number of rotatable bonds is 5. The first kappa shape index (κ1) is 19.4. The molecule has 0 radical (unpaired) electrons. The van der Waals surface area contributed by atoms with Crippen molar-refractivity contribution in [2.45, 2.75) is 6.61 Å². The lowest BCUT2D eigenvalue weighted by Crippen LogP contribution is -2.48. The van der Waals surface area contributed by atoms with E-state index in [-0.39, 0.29) is 19.1 Å². The maximum absolute atomic E-state index is 12.5. The molecule has 4 rings (SSSR count). The van der Waals surface area contributed by atoms with Gasteiger partial charge in [0.2, 0.25) is 0 Å². The van der Waals surface area contributed by atoms with E-state index in [1.165, 1.54) is 0 Å². The molecule has 1 amide bonds. The number of amides is 1. The van der Waals surface area contributed by atoms with E-state index in [0.29, 0.717) is 5.75 Å². The van der Waals surface area contributed by atoms with Gasteiger partial charge in [-0.05, 0) is 52.7 Å². The van der Waals surface area contributed by atoms with Crippen LogP contribution in [0.3, 0.4) is 0 Å². The molecule has 1 aliphatic rings. The van der Waals surface area contributed by atoms with Crippen molar-refractivity contribution in [3.8, 4) is 16.9 Å². The van der Waals surface area contributed by atoms with Gasteiger partial charge in [-0.2, -0.15) is 0 Å². The molecule has 0 aromatic heterocycles. The topological polar surface area (TPSA) is 53.0 Å². The van der Waals surface area contributed by atoms with Crippen LogP contribution < -0.4 is 4.74 Å². The minimum atomic E-state index is 0.00148. The van der Waals surface area contributed by atoms with E-state index < -0.39 is 0 Å². The third kappa shape index (κ3) is 4.42. The molecule has 3 aromatic rings. The Morgan fingerprint density at radius 1 is 1.00 bits per heavy atom. The van der Waals surface area contributed by atoms with Crippen LogP contribution in [0.25, 0.3) is 21.9 Å². The molecule has 3 aromatic carbocycles. The molecule has 5 nitrogen and oxygen atoms in total. The average Bonchev–Trinajstić information content (AvgIpc) is 2.77. The zero-order chi connectivity index (χ0) is 20.2. The predicted molar refractivity (Wildman–Crippen MR) is 115 cm³/mol. The summed E-state index contributed by atoms with van der Waals surface area (Å²) in [5.74, 6) is 0.700. The van der Waals surface area contributed by atoms with E-state index in [1.54, 1.807) is 0 Å². The van der Waals surface area contributed by atoms with Crippen molar-refractivity contribution in [2.24, 2.45) is 0 Å². The number of piperazine rings is 1. The predicted octanol–water partition coefficient (Wildman–Crippen LogP) is 3.15. The van der Waals surface area contributed by atoms with E-state index in [9.17, 15) is 9.90 Å². The normalized spacial score (nSPS) is 14.9. The van der Waals surface area contributed by atoms with Gasteiger partial charge in [0.05, 0.1) is 6.61 Å². The fourth-order valence-electron chi connectivity index (χ4n) is 3.73. The Balaban J connectivity index is 1.59. The Bertz CT molecular complexity index is 1010. The Kier molecular flexibility index (Phi) is 5.79. The first-order valence-electron chi connectivity index (χ1n) is 9.96. The molecule has 1 heterocycles. The summed E-state index contributed by atoms with van der Waals surface area (Å²) in [4.78, 5) is 16.6. The highest BCUT2D eigenvalue weighted by Gasteiger charge is 2.19. The summed E-state index contributed by atoms with van der Waals surface area (Å²) in [5.41, 5.74) is 2.91. The highest BCUT2D eigenvalue weighted by atomic mass is 16.5. The van der Waals surface area contributed by atoms with E-state index in [1.807, 2.05) is 59.5 Å². The van der Waals surface area contributed by atoms with Crippen molar-refractivity contribution < 1.29 is 14.6 Å². The molecule has 0 atom stereocenters. The summed E-state index contributed by atoms with van der Waals surface area (Å²) in [7, 11) is 2.07. The monoisotopic (exact) mass is 390 g/mol. The van der Waals surface area contributed by atoms with Crippen LogP contribution >= 0.6 is 0 Å². The average molecular weight is 390 g/mol. The minimum absolute atomic E-state index is 0.00148. The van der Waals surface area contributed by atoms with Crippen molar-refractivity contribution in [1.82, 2.24) is 9.80 Å². The zero-order valence-corrected chi connectivity index (χ0v) is 16.7. The molecule has 0 saturated carbocycles. The van der Waals surface area contributed by atoms with Crippen LogP contribution in [-0.4, -0.2) is 60.6 Å². The molecule has 0 aliphatic carbocycles. The molecular formula is C24H26N2O3. The van der Waals surface area contributed by atoms with Gasteiger partial charge in [0.15, 0.2) is 6.61 Å². The number of carbonyl (C=O) groups is 1. The van der Waals surface area contributed by atoms with Crippen LogP contribution in [0.2, 0.25) is 0 Å². The van der Waals surface area contributed by atoms with E-state index in [4.69, 9.17) is 4.74 Å². The van der Waals surface area contributed by atoms with Crippen molar-refractivity contribution in [3.63, 3.8) is 0 Å². The second-order valence-corrected chi connectivity index (χ2v) is 7.52. The molecule has 29 heavy (non-hydrogen) atoms. The number of carbonyl (C=O) groups excluding carboxylic acids is 1. The number of aliphatic hydroxyl groups excluding tert-OH is 1. The SMILES string of the molecule is CN1CCN(C(=O)COc2cc(-c3cccc(CO)c3)c3ccccc3c2)CC1. The number of ether oxygens (including phenoxy) is 1. The van der Waals surface area contributed by atoms with Crippen LogP contribution in [0.4, 0.5) is 0 Å². The Morgan fingerprint density at radius 2 is 1.79 bits per heavy atom. The van der Waals surface area contributed by atoms with E-state index in [2.05, 4.69) is 18.0 Å².